The van der Waals surface area contributed by atoms with Gasteiger partial charge in [0.15, 0.2) is 0 Å². The van der Waals surface area contributed by atoms with Crippen molar-refractivity contribution in [1.82, 2.24) is 9.97 Å². The van der Waals surface area contributed by atoms with Gasteiger partial charge in [0, 0.05) is 12.3 Å². The smallest absolute Gasteiger partial charge is 0.328 e. The molecule has 0 saturated heterocycles. The van der Waals surface area contributed by atoms with Crippen molar-refractivity contribution in [3.8, 4) is 0 Å². The Kier molecular flexibility index (Phi) is 5.64. The van der Waals surface area contributed by atoms with Crippen molar-refractivity contribution in [1.29, 1.82) is 0 Å². The summed E-state index contributed by atoms with van der Waals surface area (Å²) in [7, 11) is 1.25. The molecule has 126 valence electrons. The Hall–Kier alpha value is -2.74. The molecular formula is C15H15ClN4O4. The van der Waals surface area contributed by atoms with Crippen molar-refractivity contribution >= 4 is 29.1 Å². The van der Waals surface area contributed by atoms with Gasteiger partial charge in [-0.05, 0) is 25.1 Å². The number of rotatable bonds is 6. The number of pyridine rings is 2. The van der Waals surface area contributed by atoms with Gasteiger partial charge in [-0.1, -0.05) is 17.7 Å². The van der Waals surface area contributed by atoms with Crippen molar-refractivity contribution < 1.29 is 14.5 Å². The van der Waals surface area contributed by atoms with Crippen LogP contribution < -0.4 is 4.90 Å². The molecule has 2 rings (SSSR count). The number of carbonyl (C=O) groups excluding carboxylic acids is 1. The van der Waals surface area contributed by atoms with E-state index in [1.165, 1.54) is 24.1 Å². The first-order valence-corrected chi connectivity index (χ1v) is 7.37. The second kappa shape index (κ2) is 7.69. The molecule has 0 spiro atoms. The van der Waals surface area contributed by atoms with E-state index in [0.29, 0.717) is 5.69 Å². The van der Waals surface area contributed by atoms with Gasteiger partial charge in [-0.3, -0.25) is 15.1 Å². The number of methoxy groups -OCH3 is 1. The predicted octanol–water partition coefficient (Wildman–Crippen LogP) is 2.61. The lowest BCUT2D eigenvalue weighted by molar-refractivity contribution is -0.384. The molecule has 0 aromatic carbocycles. The number of hydrogen-bond donors (Lipinski definition) is 0. The van der Waals surface area contributed by atoms with E-state index in [1.807, 2.05) is 0 Å². The summed E-state index contributed by atoms with van der Waals surface area (Å²) in [5.74, 6) is -0.571. The third-order valence-corrected chi connectivity index (χ3v) is 3.57. The lowest BCUT2D eigenvalue weighted by Crippen LogP contribution is -2.40. The highest BCUT2D eigenvalue weighted by atomic mass is 35.5. The van der Waals surface area contributed by atoms with Crippen LogP contribution in [0.2, 0.25) is 5.15 Å². The first-order valence-electron chi connectivity index (χ1n) is 6.99. The summed E-state index contributed by atoms with van der Waals surface area (Å²) in [5, 5.41) is 11.4. The first-order chi connectivity index (χ1) is 11.4. The van der Waals surface area contributed by atoms with E-state index in [1.54, 1.807) is 31.3 Å². The van der Waals surface area contributed by atoms with E-state index in [4.69, 9.17) is 16.3 Å². The van der Waals surface area contributed by atoms with Gasteiger partial charge in [0.05, 0.1) is 24.3 Å². The van der Waals surface area contributed by atoms with Crippen LogP contribution in [0.25, 0.3) is 0 Å². The Morgan fingerprint density at radius 1 is 1.42 bits per heavy atom. The van der Waals surface area contributed by atoms with Crippen LogP contribution in [0.5, 0.6) is 0 Å². The summed E-state index contributed by atoms with van der Waals surface area (Å²) in [4.78, 5) is 32.4. The van der Waals surface area contributed by atoms with E-state index < -0.39 is 16.9 Å². The minimum Gasteiger partial charge on any atom is -0.467 e. The maximum absolute atomic E-state index is 12.0. The summed E-state index contributed by atoms with van der Waals surface area (Å²) in [6.07, 6.45) is 1.59. The van der Waals surface area contributed by atoms with Gasteiger partial charge in [0.1, 0.15) is 11.2 Å². The van der Waals surface area contributed by atoms with E-state index in [0.717, 1.165) is 0 Å². The zero-order valence-electron chi connectivity index (χ0n) is 13.0. The van der Waals surface area contributed by atoms with Crippen molar-refractivity contribution in [3.05, 3.63) is 57.5 Å². The molecule has 0 N–H and O–H groups in total. The zero-order valence-corrected chi connectivity index (χ0v) is 13.8. The molecule has 0 saturated carbocycles. The molecule has 0 bridgehead atoms. The fraction of sp³-hybridized carbons (Fsp3) is 0.267. The maximum atomic E-state index is 12.0. The van der Waals surface area contributed by atoms with Gasteiger partial charge in [-0.25, -0.2) is 9.78 Å². The highest BCUT2D eigenvalue weighted by Crippen LogP contribution is 2.30. The van der Waals surface area contributed by atoms with Crippen LogP contribution in [-0.4, -0.2) is 34.0 Å². The first kappa shape index (κ1) is 17.6. The number of nitrogens with zero attached hydrogens (tertiary/aromatic N) is 4. The molecule has 24 heavy (non-hydrogen) atoms. The van der Waals surface area contributed by atoms with Crippen molar-refractivity contribution in [2.75, 3.05) is 12.0 Å². The molecule has 0 amide bonds. The van der Waals surface area contributed by atoms with Gasteiger partial charge in [-0.2, -0.15) is 0 Å². The number of anilines is 1. The second-order valence-corrected chi connectivity index (χ2v) is 5.27. The van der Waals surface area contributed by atoms with Crippen LogP contribution in [0.15, 0.2) is 36.5 Å². The van der Waals surface area contributed by atoms with Gasteiger partial charge in [-0.15, -0.1) is 0 Å². The highest BCUT2D eigenvalue weighted by Gasteiger charge is 2.30. The van der Waals surface area contributed by atoms with Crippen LogP contribution >= 0.6 is 11.6 Å². The Morgan fingerprint density at radius 2 is 2.17 bits per heavy atom. The van der Waals surface area contributed by atoms with E-state index in [9.17, 15) is 14.9 Å². The minimum absolute atomic E-state index is 0.0175. The average molecular weight is 351 g/mol. The molecule has 0 aliphatic rings. The SMILES string of the molecule is COC(=O)[C@H](C)N(Cc1ccccn1)c1nc(Cl)ccc1[N+](=O)[O-]. The summed E-state index contributed by atoms with van der Waals surface area (Å²) in [6, 6.07) is 7.03. The molecule has 2 aromatic heterocycles. The number of ether oxygens (including phenoxy) is 1. The summed E-state index contributed by atoms with van der Waals surface area (Å²) < 4.78 is 4.75. The van der Waals surface area contributed by atoms with E-state index >= 15 is 0 Å². The second-order valence-electron chi connectivity index (χ2n) is 4.88. The van der Waals surface area contributed by atoms with Crippen molar-refractivity contribution in [3.63, 3.8) is 0 Å². The fourth-order valence-corrected chi connectivity index (χ4v) is 2.27. The largest absolute Gasteiger partial charge is 0.467 e. The number of carbonyl (C=O) groups is 1. The number of aromatic nitrogens is 2. The lowest BCUT2D eigenvalue weighted by atomic mass is 10.2. The van der Waals surface area contributed by atoms with Crippen LogP contribution in [0.3, 0.4) is 0 Å². The van der Waals surface area contributed by atoms with E-state index in [-0.39, 0.29) is 23.2 Å². The molecule has 2 heterocycles. The molecular weight excluding hydrogens is 336 g/mol. The highest BCUT2D eigenvalue weighted by molar-refractivity contribution is 6.29. The average Bonchev–Trinajstić information content (AvgIpc) is 2.58. The molecule has 0 aliphatic carbocycles. The molecule has 0 radical (unpaired) electrons. The lowest BCUT2D eigenvalue weighted by Gasteiger charge is -2.27. The van der Waals surface area contributed by atoms with Gasteiger partial charge in [0.2, 0.25) is 5.82 Å². The van der Waals surface area contributed by atoms with Crippen molar-refractivity contribution in [2.45, 2.75) is 19.5 Å². The van der Waals surface area contributed by atoms with Gasteiger partial charge < -0.3 is 9.64 Å². The third-order valence-electron chi connectivity index (χ3n) is 3.36. The Morgan fingerprint density at radius 3 is 2.75 bits per heavy atom. The molecule has 0 fully saturated rings. The molecule has 0 aliphatic heterocycles. The monoisotopic (exact) mass is 350 g/mol. The van der Waals surface area contributed by atoms with Crippen LogP contribution in [0, 0.1) is 10.1 Å². The zero-order chi connectivity index (χ0) is 17.7. The number of halogens is 1. The summed E-state index contributed by atoms with van der Waals surface area (Å²) in [6.45, 7) is 1.70. The quantitative estimate of drug-likeness (QED) is 0.341. The summed E-state index contributed by atoms with van der Waals surface area (Å²) in [5.41, 5.74) is 0.357. The predicted molar refractivity (Wildman–Crippen MR) is 87.8 cm³/mol. The molecule has 8 nitrogen and oxygen atoms in total. The minimum atomic E-state index is -0.818. The topological polar surface area (TPSA) is 98.5 Å². The molecule has 9 heteroatoms. The third kappa shape index (κ3) is 3.96. The Balaban J connectivity index is 2.51. The molecule has 0 unspecified atom stereocenters. The summed E-state index contributed by atoms with van der Waals surface area (Å²) >= 11 is 5.89. The van der Waals surface area contributed by atoms with E-state index in [2.05, 4.69) is 9.97 Å². The van der Waals surface area contributed by atoms with Crippen LogP contribution in [0.1, 0.15) is 12.6 Å². The Labute approximate surface area is 143 Å². The number of nitro groups is 1. The standard InChI is InChI=1S/C15H15ClN4O4/c1-10(15(21)24-2)19(9-11-5-3-4-8-17-11)14-12(20(22)23)6-7-13(16)18-14/h3-8,10H,9H2,1-2H3/t10-/m0/s1. The van der Waals surface area contributed by atoms with Crippen LogP contribution in [0.4, 0.5) is 11.5 Å². The normalized spacial score (nSPS) is 11.6. The molecule has 1 atom stereocenters. The fourth-order valence-electron chi connectivity index (χ4n) is 2.13. The molecule has 2 aromatic rings. The van der Waals surface area contributed by atoms with Crippen molar-refractivity contribution in [2.24, 2.45) is 0 Å². The number of hydrogen-bond acceptors (Lipinski definition) is 7. The Bertz CT molecular complexity index is 742. The number of esters is 1. The van der Waals surface area contributed by atoms with Gasteiger partial charge in [0.25, 0.3) is 0 Å². The maximum Gasteiger partial charge on any atom is 0.328 e. The van der Waals surface area contributed by atoms with Gasteiger partial charge >= 0.3 is 11.7 Å². The van der Waals surface area contributed by atoms with Crippen LogP contribution in [-0.2, 0) is 16.1 Å².